The van der Waals surface area contributed by atoms with Gasteiger partial charge in [0.25, 0.3) is 5.69 Å². The summed E-state index contributed by atoms with van der Waals surface area (Å²) in [6.07, 6.45) is 1.94. The maximum atomic E-state index is 11.7. The van der Waals surface area contributed by atoms with Gasteiger partial charge in [-0.2, -0.15) is 0 Å². The Morgan fingerprint density at radius 1 is 1.28 bits per heavy atom. The first-order chi connectivity index (χ1) is 15.5. The molecule has 1 aliphatic rings. The van der Waals surface area contributed by atoms with Crippen LogP contribution in [0.2, 0.25) is 0 Å². The lowest BCUT2D eigenvalue weighted by Gasteiger charge is -2.15. The number of rotatable bonds is 8. The highest BCUT2D eigenvalue weighted by Gasteiger charge is 2.24. The fourth-order valence-electron chi connectivity index (χ4n) is 3.54. The van der Waals surface area contributed by atoms with Crippen LogP contribution in [0.4, 0.5) is 5.69 Å². The summed E-state index contributed by atoms with van der Waals surface area (Å²) in [6, 6.07) is 12.0. The van der Waals surface area contributed by atoms with Crippen LogP contribution in [0, 0.1) is 10.1 Å². The minimum absolute atomic E-state index is 0.0254. The summed E-state index contributed by atoms with van der Waals surface area (Å²) in [5.41, 5.74) is 1.01. The Morgan fingerprint density at radius 2 is 2.06 bits per heavy atom. The molecule has 2 heterocycles. The van der Waals surface area contributed by atoms with Crippen molar-refractivity contribution in [3.63, 3.8) is 0 Å². The van der Waals surface area contributed by atoms with Crippen molar-refractivity contribution in [3.8, 4) is 17.1 Å². The third kappa shape index (κ3) is 4.66. The lowest BCUT2D eigenvalue weighted by Crippen LogP contribution is -2.16. The molecule has 0 aliphatic carbocycles. The number of carbonyl (C=O) groups excluding carboxylic acids is 1. The van der Waals surface area contributed by atoms with E-state index >= 15 is 0 Å². The molecule has 1 unspecified atom stereocenters. The van der Waals surface area contributed by atoms with Crippen molar-refractivity contribution in [2.75, 3.05) is 13.7 Å². The number of benzene rings is 2. The molecule has 2 aromatic carbocycles. The van der Waals surface area contributed by atoms with E-state index in [-0.39, 0.29) is 17.6 Å². The second-order valence-electron chi connectivity index (χ2n) is 7.38. The largest absolute Gasteiger partial charge is 0.497 e. The lowest BCUT2D eigenvalue weighted by atomic mass is 10.1. The average Bonchev–Trinajstić information content (AvgIpc) is 3.44. The van der Waals surface area contributed by atoms with Gasteiger partial charge in [-0.05, 0) is 67.9 Å². The Balaban J connectivity index is 1.72. The van der Waals surface area contributed by atoms with E-state index in [4.69, 9.17) is 9.47 Å². The van der Waals surface area contributed by atoms with Crippen molar-refractivity contribution in [2.24, 2.45) is 0 Å². The second kappa shape index (κ2) is 9.49. The van der Waals surface area contributed by atoms with Gasteiger partial charge in [0.1, 0.15) is 5.75 Å². The Kier molecular flexibility index (Phi) is 6.52. The highest BCUT2D eigenvalue weighted by Crippen LogP contribution is 2.37. The maximum Gasteiger partial charge on any atom is 0.284 e. The fraction of sp³-hybridized carbons (Fsp3) is 0.318. The molecule has 0 bridgehead atoms. The number of aromatic nitrogens is 3. The number of hydrogen-bond acceptors (Lipinski definition) is 8. The SMILES string of the molecule is COc1ccc(-c2nnc(Sc3ccc(C(C)=O)cc3[N+](=O)[O-])n2CC2CCCO2)cc1. The lowest BCUT2D eigenvalue weighted by molar-refractivity contribution is -0.387. The summed E-state index contributed by atoms with van der Waals surface area (Å²) in [5, 5.41) is 20.9. The third-order valence-corrected chi connectivity index (χ3v) is 6.29. The van der Waals surface area contributed by atoms with Crippen LogP contribution >= 0.6 is 11.8 Å². The summed E-state index contributed by atoms with van der Waals surface area (Å²) < 4.78 is 13.0. The molecular formula is C22H22N4O5S. The van der Waals surface area contributed by atoms with Crippen LogP contribution in [-0.4, -0.2) is 45.3 Å². The summed E-state index contributed by atoms with van der Waals surface area (Å²) in [7, 11) is 1.61. The van der Waals surface area contributed by atoms with Crippen LogP contribution in [0.1, 0.15) is 30.1 Å². The maximum absolute atomic E-state index is 11.7. The van der Waals surface area contributed by atoms with Crippen molar-refractivity contribution >= 4 is 23.2 Å². The topological polar surface area (TPSA) is 109 Å². The molecule has 0 radical (unpaired) electrons. The van der Waals surface area contributed by atoms with Crippen molar-refractivity contribution in [3.05, 3.63) is 58.1 Å². The van der Waals surface area contributed by atoms with Gasteiger partial charge in [0, 0.05) is 23.8 Å². The number of ketones is 1. The van der Waals surface area contributed by atoms with Gasteiger partial charge in [-0.3, -0.25) is 19.5 Å². The predicted octanol–water partition coefficient (Wildman–Crippen LogP) is 4.39. The highest BCUT2D eigenvalue weighted by molar-refractivity contribution is 7.99. The van der Waals surface area contributed by atoms with Crippen molar-refractivity contribution in [2.45, 2.75) is 42.5 Å². The van der Waals surface area contributed by atoms with Crippen molar-refractivity contribution in [1.82, 2.24) is 14.8 Å². The zero-order chi connectivity index (χ0) is 22.7. The number of nitro benzene ring substituents is 1. The van der Waals surface area contributed by atoms with Crippen molar-refractivity contribution < 1.29 is 19.2 Å². The molecule has 0 saturated carbocycles. The molecule has 32 heavy (non-hydrogen) atoms. The van der Waals surface area contributed by atoms with E-state index in [2.05, 4.69) is 10.2 Å². The van der Waals surface area contributed by atoms with Crippen molar-refractivity contribution in [1.29, 1.82) is 0 Å². The molecule has 0 amide bonds. The monoisotopic (exact) mass is 454 g/mol. The van der Waals surface area contributed by atoms with E-state index in [0.29, 0.717) is 34.6 Å². The van der Waals surface area contributed by atoms with E-state index in [1.165, 1.54) is 13.0 Å². The second-order valence-corrected chi connectivity index (χ2v) is 8.39. The molecule has 0 N–H and O–H groups in total. The molecule has 9 nitrogen and oxygen atoms in total. The number of nitrogens with zero attached hydrogens (tertiary/aromatic N) is 4. The number of ether oxygens (including phenoxy) is 2. The Hall–Kier alpha value is -3.24. The van der Waals surface area contributed by atoms with E-state index in [1.807, 2.05) is 28.8 Å². The zero-order valence-electron chi connectivity index (χ0n) is 17.7. The molecule has 1 saturated heterocycles. The van der Waals surface area contributed by atoms with Gasteiger partial charge < -0.3 is 9.47 Å². The Bertz CT molecular complexity index is 1140. The van der Waals surface area contributed by atoms with E-state index in [1.54, 1.807) is 19.2 Å². The number of carbonyl (C=O) groups is 1. The number of Topliss-reactive ketones (excluding diaryl/α,β-unsaturated/α-hetero) is 1. The van der Waals surface area contributed by atoms with Crippen LogP contribution in [-0.2, 0) is 11.3 Å². The van der Waals surface area contributed by atoms with E-state index in [0.717, 1.165) is 35.9 Å². The predicted molar refractivity (Wildman–Crippen MR) is 118 cm³/mol. The van der Waals surface area contributed by atoms with Gasteiger partial charge >= 0.3 is 0 Å². The summed E-state index contributed by atoms with van der Waals surface area (Å²) >= 11 is 1.15. The fourth-order valence-corrected chi connectivity index (χ4v) is 4.46. The molecule has 3 aromatic rings. The first-order valence-corrected chi connectivity index (χ1v) is 10.9. The van der Waals surface area contributed by atoms with Gasteiger partial charge in [0.15, 0.2) is 16.8 Å². The smallest absolute Gasteiger partial charge is 0.284 e. The first-order valence-electron chi connectivity index (χ1n) is 10.1. The van der Waals surface area contributed by atoms with Gasteiger partial charge in [0.05, 0.1) is 29.6 Å². The van der Waals surface area contributed by atoms with Gasteiger partial charge in [-0.15, -0.1) is 10.2 Å². The molecule has 166 valence electrons. The molecule has 1 aliphatic heterocycles. The zero-order valence-corrected chi connectivity index (χ0v) is 18.5. The third-order valence-electron chi connectivity index (χ3n) is 5.24. The number of nitro groups is 1. The molecule has 4 rings (SSSR count). The molecule has 1 aromatic heterocycles. The van der Waals surface area contributed by atoms with Crippen LogP contribution in [0.25, 0.3) is 11.4 Å². The van der Waals surface area contributed by atoms with Crippen LogP contribution in [0.15, 0.2) is 52.5 Å². The summed E-state index contributed by atoms with van der Waals surface area (Å²) in [4.78, 5) is 23.2. The minimum Gasteiger partial charge on any atom is -0.497 e. The normalized spacial score (nSPS) is 15.6. The molecule has 1 atom stereocenters. The quantitative estimate of drug-likeness (QED) is 0.280. The molecule has 10 heteroatoms. The first kappa shape index (κ1) is 22.0. The average molecular weight is 455 g/mol. The van der Waals surface area contributed by atoms with Crippen LogP contribution in [0.3, 0.4) is 0 Å². The molecule has 0 spiro atoms. The molecular weight excluding hydrogens is 432 g/mol. The molecule has 1 fully saturated rings. The standard InChI is InChI=1S/C22H22N4O5S/c1-14(27)16-7-10-20(19(12-16)26(28)29)32-22-24-23-21(15-5-8-17(30-2)9-6-15)25(22)13-18-4-3-11-31-18/h5-10,12,18H,3-4,11,13H2,1-2H3. The Labute approximate surface area is 188 Å². The van der Waals surface area contributed by atoms with Gasteiger partial charge in [-0.25, -0.2) is 0 Å². The van der Waals surface area contributed by atoms with Gasteiger partial charge in [-0.1, -0.05) is 0 Å². The van der Waals surface area contributed by atoms with E-state index in [9.17, 15) is 14.9 Å². The number of hydrogen-bond donors (Lipinski definition) is 0. The summed E-state index contributed by atoms with van der Waals surface area (Å²) in [6.45, 7) is 2.63. The van der Waals surface area contributed by atoms with Crippen LogP contribution < -0.4 is 4.74 Å². The number of methoxy groups -OCH3 is 1. The highest BCUT2D eigenvalue weighted by atomic mass is 32.2. The minimum atomic E-state index is -0.486. The van der Waals surface area contributed by atoms with Gasteiger partial charge in [0.2, 0.25) is 0 Å². The summed E-state index contributed by atoms with van der Waals surface area (Å²) in [5.74, 6) is 1.15. The Morgan fingerprint density at radius 3 is 2.69 bits per heavy atom. The van der Waals surface area contributed by atoms with E-state index < -0.39 is 4.92 Å². The van der Waals surface area contributed by atoms with Crippen LogP contribution in [0.5, 0.6) is 5.75 Å².